The topological polar surface area (TPSA) is 51.3 Å². The molecule has 0 atom stereocenters. The van der Waals surface area contributed by atoms with Gasteiger partial charge in [-0.3, -0.25) is 4.79 Å². The van der Waals surface area contributed by atoms with Gasteiger partial charge in [-0.2, -0.15) is 0 Å². The summed E-state index contributed by atoms with van der Waals surface area (Å²) in [6.07, 6.45) is 6.10. The lowest BCUT2D eigenvalue weighted by Crippen LogP contribution is -2.39. The first-order valence-corrected chi connectivity index (χ1v) is 8.25. The van der Waals surface area contributed by atoms with Gasteiger partial charge in [-0.1, -0.05) is 35.5 Å². The predicted octanol–water partition coefficient (Wildman–Crippen LogP) is 3.62. The second-order valence-electron chi connectivity index (χ2n) is 6.10. The molecule has 5 nitrogen and oxygen atoms in total. The van der Waals surface area contributed by atoms with E-state index in [0.717, 1.165) is 31.5 Å². The monoisotopic (exact) mass is 321 g/mol. The normalized spacial score (nSPS) is 15.6. The summed E-state index contributed by atoms with van der Waals surface area (Å²) in [7, 11) is 0. The third-order valence-corrected chi connectivity index (χ3v) is 4.59. The summed E-state index contributed by atoms with van der Waals surface area (Å²) >= 11 is 0. The largest absolute Gasteiger partial charge is 0.355 e. The van der Waals surface area contributed by atoms with Gasteiger partial charge < -0.3 is 14.0 Å². The molecule has 0 spiro atoms. The predicted molar refractivity (Wildman–Crippen MR) is 90.5 cm³/mol. The summed E-state index contributed by atoms with van der Waals surface area (Å²) in [6.45, 7) is 1.49. The van der Waals surface area contributed by atoms with Gasteiger partial charge in [0.1, 0.15) is 0 Å². The highest BCUT2D eigenvalue weighted by Crippen LogP contribution is 2.25. The van der Waals surface area contributed by atoms with Gasteiger partial charge in [0.05, 0.1) is 0 Å². The van der Waals surface area contributed by atoms with Crippen LogP contribution in [0, 0.1) is 0 Å². The number of rotatable bonds is 3. The van der Waals surface area contributed by atoms with E-state index in [1.54, 1.807) is 6.07 Å². The summed E-state index contributed by atoms with van der Waals surface area (Å²) in [5.74, 6) is 0.577. The molecule has 0 N–H and O–H groups in total. The summed E-state index contributed by atoms with van der Waals surface area (Å²) in [6, 6.07) is 16.0. The number of nitrogens with zero attached hydrogens (tertiary/aromatic N) is 3. The lowest BCUT2D eigenvalue weighted by atomic mass is 10.0. The van der Waals surface area contributed by atoms with Crippen LogP contribution in [0.3, 0.4) is 0 Å². The Labute approximate surface area is 140 Å². The number of amides is 1. The maximum atomic E-state index is 12.6. The molecule has 0 radical (unpaired) electrons. The average Bonchev–Trinajstić information content (AvgIpc) is 3.34. The fraction of sp³-hybridized carbons (Fsp3) is 0.263. The van der Waals surface area contributed by atoms with Gasteiger partial charge in [-0.05, 0) is 25.0 Å². The molecule has 1 aromatic carbocycles. The standard InChI is InChI=1S/C19H19N3O2/c23-19(17-14-18(24-20-17)15-6-2-1-3-7-15)22-12-8-16(9-13-22)21-10-4-5-11-21/h1-7,10-11,14,16H,8-9,12-13H2. The first-order chi connectivity index (χ1) is 11.8. The molecule has 1 saturated heterocycles. The number of hydrogen-bond acceptors (Lipinski definition) is 3. The van der Waals surface area contributed by atoms with E-state index >= 15 is 0 Å². The number of aromatic nitrogens is 2. The van der Waals surface area contributed by atoms with Crippen molar-refractivity contribution >= 4 is 5.91 Å². The fourth-order valence-electron chi connectivity index (χ4n) is 3.23. The molecule has 1 aliphatic heterocycles. The molecule has 1 aliphatic rings. The Morgan fingerprint density at radius 2 is 1.75 bits per heavy atom. The minimum absolute atomic E-state index is 0.0492. The van der Waals surface area contributed by atoms with Crippen LogP contribution in [0.2, 0.25) is 0 Å². The first kappa shape index (κ1) is 14.8. The molecule has 0 saturated carbocycles. The molecule has 1 amide bonds. The number of carbonyl (C=O) groups excluding carboxylic acids is 1. The van der Waals surface area contributed by atoms with E-state index < -0.39 is 0 Å². The van der Waals surface area contributed by atoms with Crippen LogP contribution in [0.1, 0.15) is 29.4 Å². The molecule has 3 aromatic rings. The van der Waals surface area contributed by atoms with E-state index in [4.69, 9.17) is 4.52 Å². The minimum Gasteiger partial charge on any atom is -0.355 e. The van der Waals surface area contributed by atoms with Crippen molar-refractivity contribution < 1.29 is 9.32 Å². The molecule has 0 aliphatic carbocycles. The summed E-state index contributed by atoms with van der Waals surface area (Å²) < 4.78 is 7.57. The quantitative estimate of drug-likeness (QED) is 0.740. The van der Waals surface area contributed by atoms with E-state index in [1.165, 1.54) is 0 Å². The van der Waals surface area contributed by atoms with Crippen molar-refractivity contribution in [1.29, 1.82) is 0 Å². The zero-order chi connectivity index (χ0) is 16.4. The fourth-order valence-corrected chi connectivity index (χ4v) is 3.23. The van der Waals surface area contributed by atoms with Crippen LogP contribution in [0.25, 0.3) is 11.3 Å². The molecule has 3 heterocycles. The van der Waals surface area contributed by atoms with Crippen molar-refractivity contribution in [3.63, 3.8) is 0 Å². The molecule has 1 fully saturated rings. The second-order valence-corrected chi connectivity index (χ2v) is 6.10. The Morgan fingerprint density at radius 1 is 1.04 bits per heavy atom. The molecule has 5 heteroatoms. The Hall–Kier alpha value is -2.82. The van der Waals surface area contributed by atoms with Gasteiger partial charge >= 0.3 is 0 Å². The first-order valence-electron chi connectivity index (χ1n) is 8.25. The molecule has 122 valence electrons. The van der Waals surface area contributed by atoms with Crippen LogP contribution in [-0.2, 0) is 0 Å². The number of hydrogen-bond donors (Lipinski definition) is 0. The molecule has 4 rings (SSSR count). The van der Waals surface area contributed by atoms with Gasteiger partial charge in [-0.15, -0.1) is 0 Å². The van der Waals surface area contributed by atoms with Crippen LogP contribution in [0.4, 0.5) is 0 Å². The summed E-state index contributed by atoms with van der Waals surface area (Å²) in [5, 5.41) is 3.97. The molecule has 24 heavy (non-hydrogen) atoms. The highest BCUT2D eigenvalue weighted by Gasteiger charge is 2.26. The van der Waals surface area contributed by atoms with E-state index in [2.05, 4.69) is 22.1 Å². The SMILES string of the molecule is O=C(c1cc(-c2ccccc2)on1)N1CCC(n2cccc2)CC1. The van der Waals surface area contributed by atoms with Crippen molar-refractivity contribution in [3.05, 3.63) is 66.6 Å². The molecule has 2 aromatic heterocycles. The maximum Gasteiger partial charge on any atom is 0.276 e. The van der Waals surface area contributed by atoms with Crippen LogP contribution in [0.15, 0.2) is 65.4 Å². The third kappa shape index (κ3) is 2.85. The number of carbonyl (C=O) groups is 1. The van der Waals surface area contributed by atoms with Crippen LogP contribution in [-0.4, -0.2) is 33.6 Å². The smallest absolute Gasteiger partial charge is 0.276 e. The van der Waals surface area contributed by atoms with Crippen LogP contribution >= 0.6 is 0 Å². The summed E-state index contributed by atoms with van der Waals surface area (Å²) in [5.41, 5.74) is 1.31. The molecular weight excluding hydrogens is 302 g/mol. The number of benzene rings is 1. The van der Waals surface area contributed by atoms with Crippen molar-refractivity contribution in [2.45, 2.75) is 18.9 Å². The van der Waals surface area contributed by atoms with Crippen molar-refractivity contribution in [2.75, 3.05) is 13.1 Å². The average molecular weight is 321 g/mol. The van der Waals surface area contributed by atoms with Crippen molar-refractivity contribution in [3.8, 4) is 11.3 Å². The Kier molecular flexibility index (Phi) is 3.91. The van der Waals surface area contributed by atoms with E-state index in [1.807, 2.05) is 47.4 Å². The van der Waals surface area contributed by atoms with Crippen LogP contribution < -0.4 is 0 Å². The van der Waals surface area contributed by atoms with Gasteiger partial charge in [-0.25, -0.2) is 0 Å². The lowest BCUT2D eigenvalue weighted by molar-refractivity contribution is 0.0684. The zero-order valence-electron chi connectivity index (χ0n) is 13.3. The Balaban J connectivity index is 1.43. The molecule has 0 bridgehead atoms. The van der Waals surface area contributed by atoms with Crippen LogP contribution in [0.5, 0.6) is 0 Å². The number of likely N-dealkylation sites (tertiary alicyclic amines) is 1. The zero-order valence-corrected chi connectivity index (χ0v) is 13.3. The van der Waals surface area contributed by atoms with Gasteiger partial charge in [0.15, 0.2) is 11.5 Å². The van der Waals surface area contributed by atoms with Gasteiger partial charge in [0.2, 0.25) is 0 Å². The van der Waals surface area contributed by atoms with Crippen molar-refractivity contribution in [2.24, 2.45) is 0 Å². The Bertz CT molecular complexity index is 800. The maximum absolute atomic E-state index is 12.6. The lowest BCUT2D eigenvalue weighted by Gasteiger charge is -2.32. The van der Waals surface area contributed by atoms with Gasteiger partial charge in [0, 0.05) is 43.2 Å². The second kappa shape index (κ2) is 6.35. The molecule has 0 unspecified atom stereocenters. The minimum atomic E-state index is -0.0492. The van der Waals surface area contributed by atoms with E-state index in [9.17, 15) is 4.79 Å². The van der Waals surface area contributed by atoms with Gasteiger partial charge in [0.25, 0.3) is 5.91 Å². The number of piperidine rings is 1. The Morgan fingerprint density at radius 3 is 2.46 bits per heavy atom. The van der Waals surface area contributed by atoms with Crippen molar-refractivity contribution in [1.82, 2.24) is 14.6 Å². The van der Waals surface area contributed by atoms with E-state index in [0.29, 0.717) is 17.5 Å². The molecular formula is C19H19N3O2. The summed E-state index contributed by atoms with van der Waals surface area (Å²) in [4.78, 5) is 14.5. The third-order valence-electron chi connectivity index (χ3n) is 4.59. The van der Waals surface area contributed by atoms with E-state index in [-0.39, 0.29) is 5.91 Å². The highest BCUT2D eigenvalue weighted by atomic mass is 16.5. The highest BCUT2D eigenvalue weighted by molar-refractivity contribution is 5.93.